The number of rotatable bonds is 2. The SMILES string of the molecule is CN1CCc2nc3cc(C(=O)NC4CCCC4)ccc3c(=O)n2CC1. The number of nitrogens with zero attached hydrogens (tertiary/aromatic N) is 3. The summed E-state index contributed by atoms with van der Waals surface area (Å²) < 4.78 is 1.78. The maximum Gasteiger partial charge on any atom is 0.261 e. The molecule has 1 aliphatic carbocycles. The minimum absolute atomic E-state index is 0.00180. The van der Waals surface area contributed by atoms with Gasteiger partial charge in [0.1, 0.15) is 5.82 Å². The molecule has 1 N–H and O–H groups in total. The van der Waals surface area contributed by atoms with Crippen LogP contribution in [0.1, 0.15) is 41.9 Å². The van der Waals surface area contributed by atoms with Gasteiger partial charge < -0.3 is 10.2 Å². The Balaban J connectivity index is 1.68. The van der Waals surface area contributed by atoms with E-state index in [2.05, 4.69) is 17.3 Å². The van der Waals surface area contributed by atoms with Gasteiger partial charge in [0.05, 0.1) is 10.9 Å². The van der Waals surface area contributed by atoms with Crippen molar-refractivity contribution in [2.24, 2.45) is 0 Å². The number of carbonyl (C=O) groups is 1. The number of carbonyl (C=O) groups excluding carboxylic acids is 1. The highest BCUT2D eigenvalue weighted by atomic mass is 16.1. The summed E-state index contributed by atoms with van der Waals surface area (Å²) in [6.45, 7) is 2.40. The second kappa shape index (κ2) is 6.59. The van der Waals surface area contributed by atoms with Crippen LogP contribution in [0.4, 0.5) is 0 Å². The number of likely N-dealkylation sites (N-methyl/N-ethyl adjacent to an activating group) is 1. The molecule has 2 aliphatic rings. The van der Waals surface area contributed by atoms with Crippen LogP contribution in [0.5, 0.6) is 0 Å². The van der Waals surface area contributed by atoms with E-state index in [1.165, 1.54) is 12.8 Å². The van der Waals surface area contributed by atoms with Crippen LogP contribution in [-0.2, 0) is 13.0 Å². The predicted molar refractivity (Wildman–Crippen MR) is 96.9 cm³/mol. The van der Waals surface area contributed by atoms with Crippen molar-refractivity contribution >= 4 is 16.8 Å². The molecule has 0 atom stereocenters. The van der Waals surface area contributed by atoms with Crippen molar-refractivity contribution in [1.82, 2.24) is 19.8 Å². The third-order valence-corrected chi connectivity index (χ3v) is 5.41. The minimum atomic E-state index is -0.0645. The third-order valence-electron chi connectivity index (χ3n) is 5.41. The van der Waals surface area contributed by atoms with Crippen molar-refractivity contribution in [3.05, 3.63) is 39.9 Å². The average molecular weight is 340 g/mol. The highest BCUT2D eigenvalue weighted by Crippen LogP contribution is 2.19. The van der Waals surface area contributed by atoms with E-state index in [0.717, 1.165) is 38.2 Å². The van der Waals surface area contributed by atoms with Gasteiger partial charge in [-0.3, -0.25) is 14.2 Å². The van der Waals surface area contributed by atoms with Gasteiger partial charge in [-0.15, -0.1) is 0 Å². The lowest BCUT2D eigenvalue weighted by Gasteiger charge is -2.13. The van der Waals surface area contributed by atoms with Gasteiger partial charge in [0.2, 0.25) is 0 Å². The van der Waals surface area contributed by atoms with E-state index in [9.17, 15) is 9.59 Å². The first kappa shape index (κ1) is 16.3. The number of amides is 1. The fraction of sp³-hybridized carbons (Fsp3) is 0.526. The van der Waals surface area contributed by atoms with Gasteiger partial charge in [0, 0.05) is 37.7 Å². The fourth-order valence-corrected chi connectivity index (χ4v) is 3.84. The Hall–Kier alpha value is -2.21. The largest absolute Gasteiger partial charge is 0.349 e. The summed E-state index contributed by atoms with van der Waals surface area (Å²) in [6.07, 6.45) is 5.23. The zero-order valence-electron chi connectivity index (χ0n) is 14.6. The van der Waals surface area contributed by atoms with Crippen LogP contribution in [0.3, 0.4) is 0 Å². The van der Waals surface area contributed by atoms with Crippen molar-refractivity contribution < 1.29 is 4.79 Å². The van der Waals surface area contributed by atoms with Gasteiger partial charge in [-0.05, 0) is 38.1 Å². The van der Waals surface area contributed by atoms with Crippen LogP contribution < -0.4 is 10.9 Å². The Morgan fingerprint density at radius 3 is 2.80 bits per heavy atom. The van der Waals surface area contributed by atoms with E-state index in [1.54, 1.807) is 22.8 Å². The molecule has 0 radical (unpaired) electrons. The van der Waals surface area contributed by atoms with Gasteiger partial charge in [-0.25, -0.2) is 4.98 Å². The van der Waals surface area contributed by atoms with Gasteiger partial charge in [0.15, 0.2) is 0 Å². The Morgan fingerprint density at radius 1 is 1.20 bits per heavy atom. The summed E-state index contributed by atoms with van der Waals surface area (Å²) in [5.41, 5.74) is 1.21. The van der Waals surface area contributed by atoms with E-state index in [0.29, 0.717) is 23.0 Å². The average Bonchev–Trinajstić information content (AvgIpc) is 3.04. The summed E-state index contributed by atoms with van der Waals surface area (Å²) in [5.74, 6) is 0.751. The zero-order chi connectivity index (χ0) is 17.4. The topological polar surface area (TPSA) is 67.2 Å². The molecule has 1 fully saturated rings. The smallest absolute Gasteiger partial charge is 0.261 e. The van der Waals surface area contributed by atoms with Crippen LogP contribution in [-0.4, -0.2) is 46.5 Å². The van der Waals surface area contributed by atoms with E-state index < -0.39 is 0 Å². The molecule has 132 valence electrons. The first-order chi connectivity index (χ1) is 12.1. The highest BCUT2D eigenvalue weighted by molar-refractivity contribution is 5.97. The lowest BCUT2D eigenvalue weighted by atomic mass is 10.1. The minimum Gasteiger partial charge on any atom is -0.349 e. The second-order valence-electron chi connectivity index (χ2n) is 7.22. The summed E-state index contributed by atoms with van der Waals surface area (Å²) in [6, 6.07) is 5.53. The van der Waals surface area contributed by atoms with Gasteiger partial charge >= 0.3 is 0 Å². The Labute approximate surface area is 146 Å². The predicted octanol–water partition coefficient (Wildman–Crippen LogP) is 1.56. The van der Waals surface area contributed by atoms with Gasteiger partial charge in [-0.2, -0.15) is 0 Å². The number of benzene rings is 1. The second-order valence-corrected chi connectivity index (χ2v) is 7.22. The summed E-state index contributed by atoms with van der Waals surface area (Å²) >= 11 is 0. The Morgan fingerprint density at radius 2 is 2.00 bits per heavy atom. The molecule has 4 rings (SSSR count). The van der Waals surface area contributed by atoms with Crippen LogP contribution in [0.15, 0.2) is 23.0 Å². The quantitative estimate of drug-likeness (QED) is 0.901. The summed E-state index contributed by atoms with van der Waals surface area (Å²) in [7, 11) is 2.06. The summed E-state index contributed by atoms with van der Waals surface area (Å²) in [4.78, 5) is 32.2. The Kier molecular flexibility index (Phi) is 4.29. The van der Waals surface area contributed by atoms with Crippen LogP contribution in [0.25, 0.3) is 10.9 Å². The Bertz CT molecular complexity index is 868. The maximum atomic E-state index is 12.8. The van der Waals surface area contributed by atoms with Crippen molar-refractivity contribution in [2.75, 3.05) is 20.1 Å². The van der Waals surface area contributed by atoms with E-state index in [4.69, 9.17) is 4.98 Å². The first-order valence-corrected chi connectivity index (χ1v) is 9.15. The van der Waals surface area contributed by atoms with E-state index in [-0.39, 0.29) is 17.5 Å². The standard InChI is InChI=1S/C19H24N4O2/c1-22-9-8-17-21-16-12-13(18(24)20-14-4-2-3-5-14)6-7-15(16)19(25)23(17)11-10-22/h6-7,12,14H,2-5,8-11H2,1H3,(H,20,24). The molecule has 0 unspecified atom stereocenters. The third kappa shape index (κ3) is 3.18. The molecule has 6 nitrogen and oxygen atoms in total. The van der Waals surface area contributed by atoms with Crippen LogP contribution in [0, 0.1) is 0 Å². The molecule has 0 spiro atoms. The zero-order valence-corrected chi connectivity index (χ0v) is 14.6. The molecule has 2 heterocycles. The molecule has 6 heteroatoms. The number of hydrogen-bond donors (Lipinski definition) is 1. The molecule has 1 saturated carbocycles. The first-order valence-electron chi connectivity index (χ1n) is 9.15. The molecule has 2 aromatic rings. The monoisotopic (exact) mass is 340 g/mol. The molecule has 1 aromatic carbocycles. The molecule has 1 aliphatic heterocycles. The van der Waals surface area contributed by atoms with E-state index in [1.807, 2.05) is 0 Å². The van der Waals surface area contributed by atoms with Crippen molar-refractivity contribution in [3.8, 4) is 0 Å². The molecule has 1 amide bonds. The summed E-state index contributed by atoms with van der Waals surface area (Å²) in [5, 5.41) is 3.68. The normalized spacial score (nSPS) is 18.9. The fourth-order valence-electron chi connectivity index (χ4n) is 3.84. The number of nitrogens with one attached hydrogen (secondary N) is 1. The maximum absolute atomic E-state index is 12.8. The van der Waals surface area contributed by atoms with E-state index >= 15 is 0 Å². The van der Waals surface area contributed by atoms with Crippen molar-refractivity contribution in [3.63, 3.8) is 0 Å². The number of hydrogen-bond acceptors (Lipinski definition) is 4. The van der Waals surface area contributed by atoms with Crippen LogP contribution >= 0.6 is 0 Å². The van der Waals surface area contributed by atoms with Crippen molar-refractivity contribution in [1.29, 1.82) is 0 Å². The molecule has 0 saturated heterocycles. The highest BCUT2D eigenvalue weighted by Gasteiger charge is 2.20. The van der Waals surface area contributed by atoms with Crippen LogP contribution in [0.2, 0.25) is 0 Å². The molecule has 1 aromatic heterocycles. The van der Waals surface area contributed by atoms with Gasteiger partial charge in [-0.1, -0.05) is 12.8 Å². The lowest BCUT2D eigenvalue weighted by Crippen LogP contribution is -2.32. The molecular weight excluding hydrogens is 316 g/mol. The lowest BCUT2D eigenvalue weighted by molar-refractivity contribution is 0.0938. The van der Waals surface area contributed by atoms with Gasteiger partial charge in [0.25, 0.3) is 11.5 Å². The molecule has 0 bridgehead atoms. The number of aromatic nitrogens is 2. The number of fused-ring (bicyclic) bond motifs is 2. The molecular formula is C19H24N4O2. The van der Waals surface area contributed by atoms with Crippen molar-refractivity contribution in [2.45, 2.75) is 44.7 Å². The molecule has 25 heavy (non-hydrogen) atoms.